The summed E-state index contributed by atoms with van der Waals surface area (Å²) < 4.78 is 6.01. The molecule has 0 heterocycles. The number of anilines is 1. The van der Waals surface area contributed by atoms with Crippen molar-refractivity contribution in [3.8, 4) is 5.75 Å². The fourth-order valence-corrected chi connectivity index (χ4v) is 5.27. The third kappa shape index (κ3) is 5.86. The Morgan fingerprint density at radius 2 is 1.57 bits per heavy atom. The number of hydrogen-bond acceptors (Lipinski definition) is 4. The van der Waals surface area contributed by atoms with Crippen LogP contribution in [0, 0.1) is 0 Å². The highest BCUT2D eigenvalue weighted by Crippen LogP contribution is 2.37. The van der Waals surface area contributed by atoms with E-state index in [2.05, 4.69) is 63.8 Å². The van der Waals surface area contributed by atoms with Crippen molar-refractivity contribution in [3.63, 3.8) is 0 Å². The van der Waals surface area contributed by atoms with Gasteiger partial charge in [0, 0.05) is 29.3 Å². The number of nitrogens with zero attached hydrogens (tertiary/aromatic N) is 1. The smallest absolute Gasteiger partial charge is 0.343 e. The van der Waals surface area contributed by atoms with E-state index < -0.39 is 5.97 Å². The minimum Gasteiger partial charge on any atom is -0.423 e. The summed E-state index contributed by atoms with van der Waals surface area (Å²) in [7, 11) is 0. The highest BCUT2D eigenvalue weighted by Gasteiger charge is 2.22. The molecule has 4 nitrogen and oxygen atoms in total. The zero-order chi connectivity index (χ0) is 26.5. The lowest BCUT2D eigenvalue weighted by molar-refractivity contribution is 0.0733. The van der Waals surface area contributed by atoms with Gasteiger partial charge in [-0.15, -0.1) is 0 Å². The highest BCUT2D eigenvalue weighted by molar-refractivity contribution is 5.96. The Morgan fingerprint density at radius 3 is 2.24 bits per heavy atom. The normalized spacial score (nSPS) is 12.2. The van der Waals surface area contributed by atoms with Crippen molar-refractivity contribution in [2.45, 2.75) is 65.6 Å². The van der Waals surface area contributed by atoms with Gasteiger partial charge in [0.15, 0.2) is 0 Å². The number of aliphatic hydroxyl groups is 1. The summed E-state index contributed by atoms with van der Waals surface area (Å²) in [6.45, 7) is 10.9. The van der Waals surface area contributed by atoms with Gasteiger partial charge in [0.1, 0.15) is 5.75 Å². The molecule has 4 rings (SSSR count). The molecular weight excluding hydrogens is 458 g/mol. The first-order valence-electron chi connectivity index (χ1n) is 13.1. The van der Waals surface area contributed by atoms with Crippen molar-refractivity contribution >= 4 is 22.4 Å². The summed E-state index contributed by atoms with van der Waals surface area (Å²) in [6, 6.07) is 28.5. The first-order chi connectivity index (χ1) is 17.8. The van der Waals surface area contributed by atoms with Gasteiger partial charge in [-0.25, -0.2) is 4.79 Å². The van der Waals surface area contributed by atoms with Gasteiger partial charge >= 0.3 is 5.97 Å². The van der Waals surface area contributed by atoms with Crippen molar-refractivity contribution in [2.24, 2.45) is 0 Å². The molecule has 0 radical (unpaired) electrons. The average Bonchev–Trinajstić information content (AvgIpc) is 2.89. The molecule has 0 amide bonds. The van der Waals surface area contributed by atoms with Crippen LogP contribution in [0.2, 0.25) is 0 Å². The molecule has 37 heavy (non-hydrogen) atoms. The number of ether oxygens (including phenoxy) is 1. The standard InChI is InChI=1S/C33H37NO3/c1-6-30(27-12-9-13-29(20-27)34(22(2)3)23(4)5)31-18-24(21-35)14-17-32(31)37-33(36)28-16-15-25-10-7-8-11-26(25)19-28/h7-20,22-23,30,35H,6,21H2,1-5H3. The quantitative estimate of drug-likeness (QED) is 0.191. The minimum absolute atomic E-state index is 0.00651. The number of carbonyl (C=O) groups excluding carboxylic acids is 1. The van der Waals surface area contributed by atoms with Gasteiger partial charge in [0.25, 0.3) is 0 Å². The highest BCUT2D eigenvalue weighted by atomic mass is 16.5. The van der Waals surface area contributed by atoms with E-state index in [-0.39, 0.29) is 12.5 Å². The zero-order valence-electron chi connectivity index (χ0n) is 22.4. The lowest BCUT2D eigenvalue weighted by Gasteiger charge is -2.34. The summed E-state index contributed by atoms with van der Waals surface area (Å²) in [5.41, 5.74) is 4.54. The van der Waals surface area contributed by atoms with Gasteiger partial charge < -0.3 is 14.7 Å². The molecule has 1 unspecified atom stereocenters. The van der Waals surface area contributed by atoms with Crippen LogP contribution >= 0.6 is 0 Å². The van der Waals surface area contributed by atoms with Crippen LogP contribution in [-0.4, -0.2) is 23.2 Å². The lowest BCUT2D eigenvalue weighted by atomic mass is 9.87. The molecule has 0 aliphatic carbocycles. The number of hydrogen-bond donors (Lipinski definition) is 1. The number of aliphatic hydroxyl groups excluding tert-OH is 1. The first-order valence-corrected chi connectivity index (χ1v) is 13.1. The molecule has 1 N–H and O–H groups in total. The van der Waals surface area contributed by atoms with Gasteiger partial charge in [-0.05, 0) is 92.4 Å². The van der Waals surface area contributed by atoms with Crippen LogP contribution in [0.15, 0.2) is 84.9 Å². The Morgan fingerprint density at radius 1 is 0.838 bits per heavy atom. The molecule has 0 fully saturated rings. The maximum Gasteiger partial charge on any atom is 0.343 e. The second kappa shape index (κ2) is 11.6. The van der Waals surface area contributed by atoms with E-state index in [0.29, 0.717) is 23.4 Å². The third-order valence-electron chi connectivity index (χ3n) is 6.91. The Hall–Kier alpha value is -3.63. The van der Waals surface area contributed by atoms with E-state index in [1.54, 1.807) is 12.1 Å². The number of fused-ring (bicyclic) bond motifs is 1. The Bertz CT molecular complexity index is 1370. The zero-order valence-corrected chi connectivity index (χ0v) is 22.4. The van der Waals surface area contributed by atoms with Crippen LogP contribution < -0.4 is 9.64 Å². The molecule has 0 aliphatic rings. The van der Waals surface area contributed by atoms with Crippen LogP contribution in [-0.2, 0) is 6.61 Å². The van der Waals surface area contributed by atoms with Crippen molar-refractivity contribution in [3.05, 3.63) is 107 Å². The second-order valence-electron chi connectivity index (χ2n) is 10.1. The van der Waals surface area contributed by atoms with Crippen LogP contribution in [0.3, 0.4) is 0 Å². The lowest BCUT2D eigenvalue weighted by Crippen LogP contribution is -2.37. The van der Waals surface area contributed by atoms with Gasteiger partial charge in [0.2, 0.25) is 0 Å². The molecule has 0 saturated carbocycles. The summed E-state index contributed by atoms with van der Waals surface area (Å²) >= 11 is 0. The van der Waals surface area contributed by atoms with Gasteiger partial charge in [-0.1, -0.05) is 55.5 Å². The maximum absolute atomic E-state index is 13.2. The fraction of sp³-hybridized carbons (Fsp3) is 0.303. The average molecular weight is 496 g/mol. The fourth-order valence-electron chi connectivity index (χ4n) is 5.27. The van der Waals surface area contributed by atoms with Crippen molar-refractivity contribution in [1.82, 2.24) is 0 Å². The summed E-state index contributed by atoms with van der Waals surface area (Å²) in [4.78, 5) is 15.6. The van der Waals surface area contributed by atoms with Crippen LogP contribution in [0.1, 0.15) is 74.0 Å². The van der Waals surface area contributed by atoms with E-state index in [1.807, 2.05) is 48.5 Å². The third-order valence-corrected chi connectivity index (χ3v) is 6.91. The Labute approximate surface area is 220 Å². The van der Waals surface area contributed by atoms with Gasteiger partial charge in [-0.3, -0.25) is 0 Å². The van der Waals surface area contributed by atoms with Gasteiger partial charge in [0.05, 0.1) is 12.2 Å². The van der Waals surface area contributed by atoms with E-state index in [1.165, 1.54) is 5.69 Å². The predicted molar refractivity (Wildman–Crippen MR) is 153 cm³/mol. The van der Waals surface area contributed by atoms with Crippen LogP contribution in [0.4, 0.5) is 5.69 Å². The Balaban J connectivity index is 1.71. The molecule has 4 aromatic rings. The SMILES string of the molecule is CCC(c1cccc(N(C(C)C)C(C)C)c1)c1cc(CO)ccc1OC(=O)c1ccc2ccccc2c1. The molecule has 192 valence electrons. The van der Waals surface area contributed by atoms with Crippen molar-refractivity contribution in [2.75, 3.05) is 4.90 Å². The number of benzene rings is 4. The topological polar surface area (TPSA) is 49.8 Å². The van der Waals surface area contributed by atoms with Gasteiger partial charge in [-0.2, -0.15) is 0 Å². The molecule has 4 aromatic carbocycles. The first kappa shape index (κ1) is 26.4. The molecule has 4 heteroatoms. The maximum atomic E-state index is 13.2. The van der Waals surface area contributed by atoms with Crippen molar-refractivity contribution in [1.29, 1.82) is 0 Å². The molecule has 0 aliphatic heterocycles. The van der Waals surface area contributed by atoms with Crippen LogP contribution in [0.25, 0.3) is 10.8 Å². The molecular formula is C33H37NO3. The largest absolute Gasteiger partial charge is 0.423 e. The van der Waals surface area contributed by atoms with E-state index in [4.69, 9.17) is 4.74 Å². The molecule has 0 aromatic heterocycles. The Kier molecular flexibility index (Phi) is 8.30. The number of carbonyl (C=O) groups is 1. The summed E-state index contributed by atoms with van der Waals surface area (Å²) in [5, 5.41) is 11.9. The summed E-state index contributed by atoms with van der Waals surface area (Å²) in [6.07, 6.45) is 0.822. The predicted octanol–water partition coefficient (Wildman–Crippen LogP) is 7.72. The minimum atomic E-state index is -0.391. The van der Waals surface area contributed by atoms with E-state index in [9.17, 15) is 9.90 Å². The molecule has 0 spiro atoms. The van der Waals surface area contributed by atoms with E-state index >= 15 is 0 Å². The number of esters is 1. The monoisotopic (exact) mass is 495 g/mol. The number of rotatable bonds is 9. The second-order valence-corrected chi connectivity index (χ2v) is 10.1. The molecule has 0 saturated heterocycles. The molecule has 0 bridgehead atoms. The van der Waals surface area contributed by atoms with Crippen molar-refractivity contribution < 1.29 is 14.6 Å². The van der Waals surface area contributed by atoms with Crippen LogP contribution in [0.5, 0.6) is 5.75 Å². The van der Waals surface area contributed by atoms with E-state index in [0.717, 1.165) is 33.9 Å². The molecule has 1 atom stereocenters. The summed E-state index contributed by atoms with van der Waals surface area (Å²) in [5.74, 6) is 0.141.